The Kier molecular flexibility index (Phi) is 5.16. The maximum Gasteiger partial charge on any atom is 0.248 e. The van der Waals surface area contributed by atoms with Gasteiger partial charge in [-0.15, -0.1) is 0 Å². The first-order chi connectivity index (χ1) is 26.3. The molecule has 0 aliphatic carbocycles. The molecule has 244 valence electrons. The molecule has 8 aromatic carbocycles. The summed E-state index contributed by atoms with van der Waals surface area (Å²) in [6, 6.07) is 59.3. The van der Waals surface area contributed by atoms with Gasteiger partial charge in [0.2, 0.25) is 6.71 Å². The summed E-state index contributed by atoms with van der Waals surface area (Å²) < 4.78 is 15.5. The van der Waals surface area contributed by atoms with Gasteiger partial charge in [0.25, 0.3) is 0 Å². The Morgan fingerprint density at radius 3 is 1.74 bits per heavy atom. The van der Waals surface area contributed by atoms with E-state index in [4.69, 9.17) is 8.83 Å². The highest BCUT2D eigenvalue weighted by Crippen LogP contribution is 2.46. The van der Waals surface area contributed by atoms with Crippen molar-refractivity contribution in [2.45, 2.75) is 0 Å². The van der Waals surface area contributed by atoms with Crippen LogP contribution < -0.4 is 21.3 Å². The Morgan fingerprint density at radius 1 is 0.377 bits per heavy atom. The molecule has 0 saturated carbocycles. The van der Waals surface area contributed by atoms with E-state index in [1.807, 2.05) is 18.2 Å². The number of para-hydroxylation sites is 4. The Hall–Kier alpha value is -6.98. The highest BCUT2D eigenvalue weighted by molar-refractivity contribution is 7.01. The van der Waals surface area contributed by atoms with Gasteiger partial charge in [-0.2, -0.15) is 0 Å². The zero-order valence-corrected chi connectivity index (χ0v) is 28.4. The van der Waals surface area contributed by atoms with Gasteiger partial charge in [-0.1, -0.05) is 109 Å². The van der Waals surface area contributed by atoms with Crippen molar-refractivity contribution in [1.82, 2.24) is 4.57 Å². The molecule has 0 unspecified atom stereocenters. The molecule has 5 heterocycles. The van der Waals surface area contributed by atoms with E-state index in [1.54, 1.807) is 0 Å². The number of nitrogens with zero attached hydrogens (tertiary/aromatic N) is 2. The molecule has 3 aromatic heterocycles. The first-order valence-corrected chi connectivity index (χ1v) is 18.2. The number of hydrogen-bond acceptors (Lipinski definition) is 3. The molecule has 5 heteroatoms. The third-order valence-electron chi connectivity index (χ3n) is 11.8. The maximum absolute atomic E-state index is 6.58. The summed E-state index contributed by atoms with van der Waals surface area (Å²) in [5, 5.41) is 7.02. The maximum atomic E-state index is 6.58. The normalized spacial score (nSPS) is 13.2. The number of anilines is 3. The SMILES string of the molecule is c1ccc2c(c1)B1c3cc4c(cc3N(c3ccc5c(c3)oc3ccccc35)c3cc(-n5c6ccccc6c6ccccc65)cc-2c31)oc1ccccc14. The molecule has 0 amide bonds. The molecule has 13 rings (SSSR count). The van der Waals surface area contributed by atoms with Crippen molar-refractivity contribution in [3.8, 4) is 16.8 Å². The van der Waals surface area contributed by atoms with Crippen molar-refractivity contribution in [3.05, 3.63) is 164 Å². The van der Waals surface area contributed by atoms with E-state index in [2.05, 4.69) is 155 Å². The quantitative estimate of drug-likeness (QED) is 0.171. The fourth-order valence-corrected chi connectivity index (χ4v) is 9.60. The highest BCUT2D eigenvalue weighted by Gasteiger charge is 2.43. The summed E-state index contributed by atoms with van der Waals surface area (Å²) in [5.74, 6) is 0. The summed E-state index contributed by atoms with van der Waals surface area (Å²) in [4.78, 5) is 2.45. The van der Waals surface area contributed by atoms with Crippen LogP contribution in [0.4, 0.5) is 17.1 Å². The molecule has 4 nitrogen and oxygen atoms in total. The summed E-state index contributed by atoms with van der Waals surface area (Å²) in [6.45, 7) is 0.0719. The number of furan rings is 2. The van der Waals surface area contributed by atoms with Gasteiger partial charge in [-0.05, 0) is 70.6 Å². The molecular formula is C48H27BN2O2. The minimum absolute atomic E-state index is 0.0719. The Morgan fingerprint density at radius 2 is 0.981 bits per heavy atom. The van der Waals surface area contributed by atoms with Crippen molar-refractivity contribution in [1.29, 1.82) is 0 Å². The van der Waals surface area contributed by atoms with E-state index in [9.17, 15) is 0 Å². The lowest BCUT2D eigenvalue weighted by Crippen LogP contribution is -2.54. The third kappa shape index (κ3) is 3.56. The van der Waals surface area contributed by atoms with E-state index >= 15 is 0 Å². The van der Waals surface area contributed by atoms with Gasteiger partial charge < -0.3 is 18.3 Å². The van der Waals surface area contributed by atoms with Crippen LogP contribution in [0.3, 0.4) is 0 Å². The van der Waals surface area contributed by atoms with Crippen LogP contribution >= 0.6 is 0 Å². The molecule has 0 fully saturated rings. The number of benzene rings is 8. The molecule has 0 radical (unpaired) electrons. The summed E-state index contributed by atoms with van der Waals surface area (Å²) >= 11 is 0. The van der Waals surface area contributed by atoms with Gasteiger partial charge in [0, 0.05) is 67.2 Å². The van der Waals surface area contributed by atoms with Gasteiger partial charge in [-0.3, -0.25) is 0 Å². The number of hydrogen-bond donors (Lipinski definition) is 0. The van der Waals surface area contributed by atoms with Crippen LogP contribution in [0.1, 0.15) is 0 Å². The fraction of sp³-hybridized carbons (Fsp3) is 0. The topological polar surface area (TPSA) is 34.5 Å². The third-order valence-corrected chi connectivity index (χ3v) is 11.8. The zero-order valence-electron chi connectivity index (χ0n) is 28.4. The fourth-order valence-electron chi connectivity index (χ4n) is 9.60. The molecule has 0 N–H and O–H groups in total. The van der Waals surface area contributed by atoms with Crippen LogP contribution in [0.5, 0.6) is 0 Å². The van der Waals surface area contributed by atoms with Crippen molar-refractivity contribution < 1.29 is 8.83 Å². The van der Waals surface area contributed by atoms with Crippen molar-refractivity contribution >= 4 is 106 Å². The van der Waals surface area contributed by atoms with Crippen LogP contribution in [0.15, 0.2) is 173 Å². The Bertz CT molecular complexity index is 3330. The Labute approximate surface area is 303 Å². The molecule has 0 spiro atoms. The van der Waals surface area contributed by atoms with E-state index < -0.39 is 0 Å². The van der Waals surface area contributed by atoms with E-state index in [-0.39, 0.29) is 6.71 Å². The molecular weight excluding hydrogens is 647 g/mol. The second-order valence-electron chi connectivity index (χ2n) is 14.4. The molecule has 0 atom stereocenters. The lowest BCUT2D eigenvalue weighted by Gasteiger charge is -2.36. The van der Waals surface area contributed by atoms with Crippen LogP contribution in [0, 0.1) is 0 Å². The highest BCUT2D eigenvalue weighted by atomic mass is 16.3. The Balaban J connectivity index is 1.17. The van der Waals surface area contributed by atoms with E-state index in [0.29, 0.717) is 0 Å². The second-order valence-corrected chi connectivity index (χ2v) is 14.4. The van der Waals surface area contributed by atoms with E-state index in [0.717, 1.165) is 60.9 Å². The minimum atomic E-state index is 0.0719. The van der Waals surface area contributed by atoms with Gasteiger partial charge in [0.05, 0.1) is 11.0 Å². The predicted molar refractivity (Wildman–Crippen MR) is 220 cm³/mol. The zero-order chi connectivity index (χ0) is 34.4. The number of aromatic nitrogens is 1. The monoisotopic (exact) mass is 674 g/mol. The largest absolute Gasteiger partial charge is 0.456 e. The van der Waals surface area contributed by atoms with Crippen molar-refractivity contribution in [2.75, 3.05) is 4.90 Å². The molecule has 0 saturated heterocycles. The van der Waals surface area contributed by atoms with Crippen molar-refractivity contribution in [2.24, 2.45) is 0 Å². The van der Waals surface area contributed by atoms with Crippen molar-refractivity contribution in [3.63, 3.8) is 0 Å². The first-order valence-electron chi connectivity index (χ1n) is 18.2. The van der Waals surface area contributed by atoms with Crippen LogP contribution in [-0.2, 0) is 0 Å². The minimum Gasteiger partial charge on any atom is -0.456 e. The molecule has 0 bridgehead atoms. The van der Waals surface area contributed by atoms with Crippen LogP contribution in [0.25, 0.3) is 82.5 Å². The number of rotatable bonds is 2. The number of fused-ring (bicyclic) bond motifs is 14. The average Bonchev–Trinajstić information content (AvgIpc) is 3.95. The van der Waals surface area contributed by atoms with Gasteiger partial charge in [-0.25, -0.2) is 0 Å². The summed E-state index contributed by atoms with van der Waals surface area (Å²) in [6.07, 6.45) is 0. The van der Waals surface area contributed by atoms with E-state index in [1.165, 1.54) is 55.0 Å². The standard InChI is InChI=1S/C48H27BN2O2/c1-6-16-38-30(11-1)37-23-29(51-40-17-7-2-12-31(40)32-13-3-8-18-41(32)51)24-43-48(37)49(38)39-26-36-34-15-5-10-20-45(34)53-47(36)27-42(39)50(43)28-21-22-35-33-14-4-9-19-44(33)52-46(35)25-28/h1-27H. The van der Waals surface area contributed by atoms with Gasteiger partial charge in [0.15, 0.2) is 0 Å². The first kappa shape index (κ1) is 27.7. The smallest absolute Gasteiger partial charge is 0.248 e. The molecule has 11 aromatic rings. The van der Waals surface area contributed by atoms with Gasteiger partial charge >= 0.3 is 0 Å². The average molecular weight is 675 g/mol. The predicted octanol–water partition coefficient (Wildman–Crippen LogP) is 10.9. The summed E-state index contributed by atoms with van der Waals surface area (Å²) in [5.41, 5.74) is 16.9. The van der Waals surface area contributed by atoms with Crippen LogP contribution in [-0.4, -0.2) is 11.3 Å². The molecule has 53 heavy (non-hydrogen) atoms. The second kappa shape index (κ2) is 9.87. The lowest BCUT2D eigenvalue weighted by molar-refractivity contribution is 0.669. The lowest BCUT2D eigenvalue weighted by atomic mass is 9.37. The molecule has 2 aliphatic heterocycles. The van der Waals surface area contributed by atoms with Gasteiger partial charge in [0.1, 0.15) is 22.3 Å². The summed E-state index contributed by atoms with van der Waals surface area (Å²) in [7, 11) is 0. The molecule has 2 aliphatic rings. The van der Waals surface area contributed by atoms with Crippen LogP contribution in [0.2, 0.25) is 0 Å².